The van der Waals surface area contributed by atoms with Crippen molar-refractivity contribution in [1.82, 2.24) is 9.62 Å². The summed E-state index contributed by atoms with van der Waals surface area (Å²) < 4.78 is 55.3. The summed E-state index contributed by atoms with van der Waals surface area (Å²) in [4.78, 5) is 0.272. The van der Waals surface area contributed by atoms with E-state index in [9.17, 15) is 17.2 Å². The molecule has 0 radical (unpaired) electrons. The standard InChI is InChI=1S/C23H24F2N2O2S2/c24-19-6-8-23(25)18(11-19)14-26-10-9-20-13-21(30)15-27(20)31(28,29)22-7-5-16-3-1-2-4-17(16)12-22/h1-8,11-12,20-21,26,30H,9-10,13-15H2/t20-,21-/m1/s1. The summed E-state index contributed by atoms with van der Waals surface area (Å²) in [5, 5.41) is 4.92. The first-order chi connectivity index (χ1) is 14.8. The molecule has 4 nitrogen and oxygen atoms in total. The Balaban J connectivity index is 1.44. The number of thiol groups is 1. The Labute approximate surface area is 186 Å². The lowest BCUT2D eigenvalue weighted by molar-refractivity contribution is 0.364. The number of hydrogen-bond donors (Lipinski definition) is 2. The normalized spacial score (nSPS) is 19.8. The lowest BCUT2D eigenvalue weighted by atomic mass is 10.1. The maximum atomic E-state index is 13.8. The van der Waals surface area contributed by atoms with Crippen LogP contribution in [0.2, 0.25) is 0 Å². The van der Waals surface area contributed by atoms with Crippen LogP contribution in [0.3, 0.4) is 0 Å². The molecule has 1 aliphatic rings. The van der Waals surface area contributed by atoms with Crippen molar-refractivity contribution in [3.8, 4) is 0 Å². The highest BCUT2D eigenvalue weighted by Gasteiger charge is 2.38. The third-order valence-corrected chi connectivity index (χ3v) is 7.94. The quantitative estimate of drug-likeness (QED) is 0.405. The largest absolute Gasteiger partial charge is 0.313 e. The van der Waals surface area contributed by atoms with Crippen molar-refractivity contribution < 1.29 is 17.2 Å². The SMILES string of the molecule is O=S(=O)(c1ccc2ccccc2c1)N1C[C@H](S)C[C@H]1CCNCc1cc(F)ccc1F. The van der Waals surface area contributed by atoms with Crippen molar-refractivity contribution in [2.24, 2.45) is 0 Å². The van der Waals surface area contributed by atoms with Crippen LogP contribution < -0.4 is 5.32 Å². The van der Waals surface area contributed by atoms with E-state index >= 15 is 0 Å². The summed E-state index contributed by atoms with van der Waals surface area (Å²) in [6.45, 7) is 1.00. The van der Waals surface area contributed by atoms with E-state index in [4.69, 9.17) is 0 Å². The summed E-state index contributed by atoms with van der Waals surface area (Å²) >= 11 is 4.52. The van der Waals surface area contributed by atoms with Gasteiger partial charge in [-0.25, -0.2) is 17.2 Å². The van der Waals surface area contributed by atoms with Gasteiger partial charge in [0.05, 0.1) is 4.90 Å². The second-order valence-corrected chi connectivity index (χ2v) is 10.4. The lowest BCUT2D eigenvalue weighted by Gasteiger charge is -2.24. The van der Waals surface area contributed by atoms with Gasteiger partial charge in [0.1, 0.15) is 11.6 Å². The molecule has 2 atom stereocenters. The molecule has 0 amide bonds. The lowest BCUT2D eigenvalue weighted by Crippen LogP contribution is -2.37. The molecule has 3 aromatic carbocycles. The summed E-state index contributed by atoms with van der Waals surface area (Å²) in [5.74, 6) is -0.953. The average Bonchev–Trinajstić information content (AvgIpc) is 3.14. The van der Waals surface area contributed by atoms with E-state index in [1.165, 1.54) is 4.31 Å². The highest BCUT2D eigenvalue weighted by atomic mass is 32.2. The minimum atomic E-state index is -3.67. The van der Waals surface area contributed by atoms with Crippen molar-refractivity contribution in [3.63, 3.8) is 0 Å². The van der Waals surface area contributed by atoms with Gasteiger partial charge in [0.25, 0.3) is 0 Å². The van der Waals surface area contributed by atoms with Gasteiger partial charge in [-0.05, 0) is 60.5 Å². The van der Waals surface area contributed by atoms with Crippen molar-refractivity contribution in [1.29, 1.82) is 0 Å². The Morgan fingerprint density at radius 1 is 1.03 bits per heavy atom. The van der Waals surface area contributed by atoms with Gasteiger partial charge in [-0.3, -0.25) is 0 Å². The van der Waals surface area contributed by atoms with Gasteiger partial charge in [0.15, 0.2) is 0 Å². The van der Waals surface area contributed by atoms with Gasteiger partial charge in [-0.15, -0.1) is 0 Å². The highest BCUT2D eigenvalue weighted by molar-refractivity contribution is 7.89. The number of sulfonamides is 1. The molecule has 0 aromatic heterocycles. The Hall–Kier alpha value is -2.00. The Bertz CT molecular complexity index is 1190. The number of nitrogens with zero attached hydrogens (tertiary/aromatic N) is 1. The van der Waals surface area contributed by atoms with Crippen LogP contribution in [0, 0.1) is 11.6 Å². The van der Waals surface area contributed by atoms with E-state index < -0.39 is 21.7 Å². The van der Waals surface area contributed by atoms with E-state index in [1.807, 2.05) is 30.3 Å². The first-order valence-electron chi connectivity index (χ1n) is 10.2. The van der Waals surface area contributed by atoms with Crippen LogP contribution >= 0.6 is 12.6 Å². The number of hydrogen-bond acceptors (Lipinski definition) is 4. The van der Waals surface area contributed by atoms with E-state index in [-0.39, 0.29) is 28.3 Å². The summed E-state index contributed by atoms with van der Waals surface area (Å²) in [7, 11) is -3.67. The molecule has 164 valence electrons. The fraction of sp³-hybridized carbons (Fsp3) is 0.304. The first-order valence-corrected chi connectivity index (χ1v) is 12.1. The number of nitrogens with one attached hydrogen (secondary N) is 1. The molecular formula is C23H24F2N2O2S2. The molecule has 1 fully saturated rings. The predicted molar refractivity (Wildman–Crippen MR) is 122 cm³/mol. The molecule has 1 N–H and O–H groups in total. The smallest absolute Gasteiger partial charge is 0.243 e. The van der Waals surface area contributed by atoms with Crippen molar-refractivity contribution >= 4 is 33.4 Å². The topological polar surface area (TPSA) is 49.4 Å². The third kappa shape index (κ3) is 4.92. The zero-order chi connectivity index (χ0) is 22.0. The minimum Gasteiger partial charge on any atom is -0.313 e. The van der Waals surface area contributed by atoms with E-state index in [0.29, 0.717) is 25.9 Å². The van der Waals surface area contributed by atoms with Crippen molar-refractivity contribution in [3.05, 3.63) is 77.9 Å². The summed E-state index contributed by atoms with van der Waals surface area (Å²) in [5.41, 5.74) is 0.249. The van der Waals surface area contributed by atoms with Crippen LogP contribution in [0.4, 0.5) is 8.78 Å². The Morgan fingerprint density at radius 2 is 1.81 bits per heavy atom. The van der Waals surface area contributed by atoms with Crippen molar-refractivity contribution in [2.75, 3.05) is 13.1 Å². The van der Waals surface area contributed by atoms with Gasteiger partial charge >= 0.3 is 0 Å². The molecule has 0 bridgehead atoms. The van der Waals surface area contributed by atoms with Gasteiger partial charge in [0, 0.05) is 29.9 Å². The molecular weight excluding hydrogens is 438 g/mol. The molecule has 0 spiro atoms. The molecule has 3 aromatic rings. The number of benzene rings is 3. The molecule has 1 heterocycles. The van der Waals surface area contributed by atoms with Gasteiger partial charge in [-0.1, -0.05) is 30.3 Å². The van der Waals surface area contributed by atoms with E-state index in [1.54, 1.807) is 12.1 Å². The second-order valence-electron chi connectivity index (χ2n) is 7.83. The zero-order valence-corrected chi connectivity index (χ0v) is 18.5. The Morgan fingerprint density at radius 3 is 2.61 bits per heavy atom. The van der Waals surface area contributed by atoms with Crippen LogP contribution in [0.5, 0.6) is 0 Å². The van der Waals surface area contributed by atoms with Gasteiger partial charge in [0.2, 0.25) is 10.0 Å². The summed E-state index contributed by atoms with van der Waals surface area (Å²) in [6.07, 6.45) is 1.20. The minimum absolute atomic E-state index is 0.0408. The molecule has 1 saturated heterocycles. The third-order valence-electron chi connectivity index (χ3n) is 5.65. The fourth-order valence-corrected chi connectivity index (χ4v) is 6.33. The number of halogens is 2. The van der Waals surface area contributed by atoms with Crippen LogP contribution in [0.25, 0.3) is 10.8 Å². The van der Waals surface area contributed by atoms with E-state index in [2.05, 4.69) is 17.9 Å². The maximum Gasteiger partial charge on any atom is 0.243 e. The molecule has 31 heavy (non-hydrogen) atoms. The second kappa shape index (κ2) is 9.24. The summed E-state index contributed by atoms with van der Waals surface area (Å²) in [6, 6.07) is 16.0. The number of fused-ring (bicyclic) bond motifs is 1. The predicted octanol–water partition coefficient (Wildman–Crippen LogP) is 4.36. The molecule has 8 heteroatoms. The van der Waals surface area contributed by atoms with Gasteiger partial charge in [-0.2, -0.15) is 16.9 Å². The van der Waals surface area contributed by atoms with Gasteiger partial charge < -0.3 is 5.32 Å². The average molecular weight is 463 g/mol. The van der Waals surface area contributed by atoms with Crippen LogP contribution in [0.15, 0.2) is 65.6 Å². The van der Waals surface area contributed by atoms with Crippen LogP contribution in [-0.4, -0.2) is 37.1 Å². The molecule has 0 saturated carbocycles. The Kier molecular flexibility index (Phi) is 6.62. The molecule has 1 aliphatic heterocycles. The highest BCUT2D eigenvalue weighted by Crippen LogP contribution is 2.31. The first kappa shape index (κ1) is 22.2. The van der Waals surface area contributed by atoms with Crippen LogP contribution in [0.1, 0.15) is 18.4 Å². The molecule has 0 aliphatic carbocycles. The van der Waals surface area contributed by atoms with Crippen molar-refractivity contribution in [2.45, 2.75) is 35.6 Å². The van der Waals surface area contributed by atoms with E-state index in [0.717, 1.165) is 29.0 Å². The zero-order valence-electron chi connectivity index (χ0n) is 16.8. The fourth-order valence-electron chi connectivity index (χ4n) is 4.05. The molecule has 4 rings (SSSR count). The maximum absolute atomic E-state index is 13.8. The molecule has 0 unspecified atom stereocenters. The number of rotatable bonds is 7. The monoisotopic (exact) mass is 462 g/mol. The van der Waals surface area contributed by atoms with Crippen LogP contribution in [-0.2, 0) is 16.6 Å².